The number of para-hydroxylation sites is 1. The van der Waals surface area contributed by atoms with Crippen molar-refractivity contribution in [1.82, 2.24) is 30.3 Å². The van der Waals surface area contributed by atoms with Crippen molar-refractivity contribution in [3.63, 3.8) is 0 Å². The maximum Gasteiger partial charge on any atom is 0.407 e. The van der Waals surface area contributed by atoms with E-state index in [0.717, 1.165) is 28.6 Å². The first kappa shape index (κ1) is 36.1. The summed E-state index contributed by atoms with van der Waals surface area (Å²) in [6.07, 6.45) is 1.92. The average molecular weight is 693 g/mol. The first-order valence-electron chi connectivity index (χ1n) is 16.8. The van der Waals surface area contributed by atoms with Gasteiger partial charge in [0.05, 0.1) is 24.2 Å². The second-order valence-electron chi connectivity index (χ2n) is 13.9. The molecule has 3 N–H and O–H groups in total. The van der Waals surface area contributed by atoms with Gasteiger partial charge in [-0.1, -0.05) is 18.2 Å². The predicted octanol–water partition coefficient (Wildman–Crippen LogP) is 3.23. The highest BCUT2D eigenvalue weighted by atomic mass is 19.1. The van der Waals surface area contributed by atoms with Crippen molar-refractivity contribution in [2.75, 3.05) is 40.3 Å². The highest BCUT2D eigenvalue weighted by Crippen LogP contribution is 2.27. The Morgan fingerprint density at radius 1 is 1.08 bits per heavy atom. The van der Waals surface area contributed by atoms with Crippen LogP contribution in [0.4, 0.5) is 9.18 Å². The van der Waals surface area contributed by atoms with E-state index in [2.05, 4.69) is 15.6 Å². The van der Waals surface area contributed by atoms with Crippen LogP contribution >= 0.6 is 0 Å². The molecule has 1 saturated heterocycles. The lowest BCUT2D eigenvalue weighted by molar-refractivity contribution is -0.140. The van der Waals surface area contributed by atoms with Gasteiger partial charge in [0.15, 0.2) is 0 Å². The standard InChI is InChI=1S/C36H45FN6O7/c1-36(2,3)50-35(48)40-24-17-25-21-49-30-12-10-23(37)16-27(30)34(47)42(5)29(11-13-31(44)41(4)20-32(45)43(25)19-24)33(46)38-15-14-22-18-39-28-9-7-6-8-26(22)28/h6-10,12,16,18,24-25,29,39H,11,13-15,17,19-21H2,1-5H3,(H,38,46)(H,40,48)/t24-,25-,29+/m0/s1. The molecule has 2 aliphatic rings. The molecule has 50 heavy (non-hydrogen) atoms. The quantitative estimate of drug-likeness (QED) is 0.371. The van der Waals surface area contributed by atoms with E-state index in [9.17, 15) is 28.4 Å². The lowest BCUT2D eigenvalue weighted by Gasteiger charge is -2.28. The second-order valence-corrected chi connectivity index (χ2v) is 13.9. The summed E-state index contributed by atoms with van der Waals surface area (Å²) in [6, 6.07) is 9.27. The number of alkyl carbamates (subject to hydrolysis) is 1. The van der Waals surface area contributed by atoms with Crippen LogP contribution in [0, 0.1) is 5.82 Å². The van der Waals surface area contributed by atoms with E-state index in [-0.39, 0.29) is 56.3 Å². The van der Waals surface area contributed by atoms with Crippen LogP contribution in [0.2, 0.25) is 0 Å². The fourth-order valence-corrected chi connectivity index (χ4v) is 6.38. The average Bonchev–Trinajstić information content (AvgIpc) is 3.66. The summed E-state index contributed by atoms with van der Waals surface area (Å²) < 4.78 is 26.1. The number of aromatic amines is 1. The lowest BCUT2D eigenvalue weighted by atomic mass is 10.1. The van der Waals surface area contributed by atoms with Crippen LogP contribution in [0.15, 0.2) is 48.7 Å². The molecule has 1 aromatic heterocycles. The number of nitrogens with zero attached hydrogens (tertiary/aromatic N) is 3. The molecule has 0 spiro atoms. The van der Waals surface area contributed by atoms with Gasteiger partial charge in [0, 0.05) is 50.7 Å². The van der Waals surface area contributed by atoms with Crippen molar-refractivity contribution in [3.8, 4) is 5.75 Å². The predicted molar refractivity (Wildman–Crippen MR) is 183 cm³/mol. The van der Waals surface area contributed by atoms with Gasteiger partial charge in [-0.25, -0.2) is 9.18 Å². The van der Waals surface area contributed by atoms with Crippen LogP contribution in [0.3, 0.4) is 0 Å². The summed E-state index contributed by atoms with van der Waals surface area (Å²) in [5.41, 5.74) is 1.17. The SMILES string of the molecule is CN1CC(=O)N2C[C@@H](NC(=O)OC(C)(C)C)C[C@H]2COc2ccc(F)cc2C(=O)N(C)[C@@H](C(=O)NCCc2c[nH]c3ccccc23)CCC1=O. The molecule has 0 saturated carbocycles. The fraction of sp³-hybridized carbons (Fsp3) is 0.472. The number of hydrogen-bond acceptors (Lipinski definition) is 7. The summed E-state index contributed by atoms with van der Waals surface area (Å²) in [7, 11) is 2.93. The molecule has 5 amide bonds. The van der Waals surface area contributed by atoms with E-state index < -0.39 is 53.4 Å². The number of amides is 5. The number of hydrogen-bond donors (Lipinski definition) is 3. The molecule has 0 bridgehead atoms. The first-order valence-corrected chi connectivity index (χ1v) is 16.8. The summed E-state index contributed by atoms with van der Waals surface area (Å²) >= 11 is 0. The Bertz CT molecular complexity index is 1750. The monoisotopic (exact) mass is 692 g/mol. The van der Waals surface area contributed by atoms with Gasteiger partial charge < -0.3 is 39.8 Å². The zero-order valence-corrected chi connectivity index (χ0v) is 29.1. The minimum atomic E-state index is -1.08. The third kappa shape index (κ3) is 8.71. The van der Waals surface area contributed by atoms with Gasteiger partial charge in [-0.3, -0.25) is 19.2 Å². The number of aromatic nitrogens is 1. The summed E-state index contributed by atoms with van der Waals surface area (Å²) in [5, 5.41) is 6.74. The highest BCUT2D eigenvalue weighted by molar-refractivity contribution is 5.99. The van der Waals surface area contributed by atoms with E-state index in [1.807, 2.05) is 30.5 Å². The van der Waals surface area contributed by atoms with Gasteiger partial charge in [0.1, 0.15) is 29.8 Å². The van der Waals surface area contributed by atoms with E-state index in [0.29, 0.717) is 12.8 Å². The van der Waals surface area contributed by atoms with Gasteiger partial charge in [-0.15, -0.1) is 0 Å². The number of H-pyrrole nitrogens is 1. The van der Waals surface area contributed by atoms with Gasteiger partial charge >= 0.3 is 6.09 Å². The third-order valence-electron chi connectivity index (χ3n) is 8.95. The zero-order valence-electron chi connectivity index (χ0n) is 29.1. The lowest BCUT2D eigenvalue weighted by Crippen LogP contribution is -2.49. The fourth-order valence-electron chi connectivity index (χ4n) is 6.38. The second kappa shape index (κ2) is 15.2. The third-order valence-corrected chi connectivity index (χ3v) is 8.95. The highest BCUT2D eigenvalue weighted by Gasteiger charge is 2.38. The van der Waals surface area contributed by atoms with E-state index in [4.69, 9.17) is 9.47 Å². The molecule has 3 atom stereocenters. The number of rotatable bonds is 5. The molecule has 2 aromatic carbocycles. The van der Waals surface area contributed by atoms with Gasteiger partial charge in [0.25, 0.3) is 5.91 Å². The normalized spacial score (nSPS) is 20.8. The first-order chi connectivity index (χ1) is 23.7. The van der Waals surface area contributed by atoms with Crippen LogP contribution in [-0.4, -0.2) is 113 Å². The van der Waals surface area contributed by atoms with Crippen LogP contribution in [0.1, 0.15) is 56.0 Å². The largest absolute Gasteiger partial charge is 0.491 e. The van der Waals surface area contributed by atoms with Crippen molar-refractivity contribution in [3.05, 3.63) is 65.6 Å². The van der Waals surface area contributed by atoms with Crippen molar-refractivity contribution in [2.45, 2.75) is 70.2 Å². The van der Waals surface area contributed by atoms with Crippen LogP contribution < -0.4 is 15.4 Å². The number of nitrogens with one attached hydrogen (secondary N) is 3. The zero-order chi connectivity index (χ0) is 36.2. The molecule has 5 rings (SSSR count). The van der Waals surface area contributed by atoms with Gasteiger partial charge in [0.2, 0.25) is 17.7 Å². The number of benzene rings is 2. The van der Waals surface area contributed by atoms with Crippen LogP contribution in [-0.2, 0) is 25.5 Å². The topological polar surface area (TPSA) is 153 Å². The molecule has 3 aromatic rings. The number of carbonyl (C=O) groups is 5. The van der Waals surface area contributed by atoms with Gasteiger partial charge in [-0.05, 0) is 69.9 Å². The maximum atomic E-state index is 14.6. The molecule has 0 unspecified atom stereocenters. The molecule has 268 valence electrons. The van der Waals surface area contributed by atoms with Crippen molar-refractivity contribution < 1.29 is 37.8 Å². The smallest absolute Gasteiger partial charge is 0.407 e. The molecule has 1 fully saturated rings. The van der Waals surface area contributed by atoms with Crippen molar-refractivity contribution in [1.29, 1.82) is 0 Å². The van der Waals surface area contributed by atoms with Crippen LogP contribution in [0.25, 0.3) is 10.9 Å². The summed E-state index contributed by atoms with van der Waals surface area (Å²) in [4.78, 5) is 74.2. The maximum absolute atomic E-state index is 14.6. The van der Waals surface area contributed by atoms with Crippen LogP contribution in [0.5, 0.6) is 5.75 Å². The Kier molecular flexibility index (Phi) is 11.0. The molecular weight excluding hydrogens is 647 g/mol. The molecule has 14 heteroatoms. The Balaban J connectivity index is 1.36. The number of halogens is 1. The molecule has 0 radical (unpaired) electrons. The number of carbonyl (C=O) groups excluding carboxylic acids is 5. The van der Waals surface area contributed by atoms with E-state index in [1.54, 1.807) is 20.8 Å². The number of ether oxygens (including phenoxy) is 2. The van der Waals surface area contributed by atoms with Gasteiger partial charge in [-0.2, -0.15) is 0 Å². The van der Waals surface area contributed by atoms with Crippen molar-refractivity contribution in [2.24, 2.45) is 0 Å². The summed E-state index contributed by atoms with van der Waals surface area (Å²) in [5.74, 6) is -2.51. The minimum absolute atomic E-state index is 0.0434. The van der Waals surface area contributed by atoms with E-state index in [1.165, 1.54) is 34.9 Å². The molecule has 3 heterocycles. The molecular formula is C36H45FN6O7. The Hall–Kier alpha value is -5.14. The molecule has 2 aliphatic heterocycles. The minimum Gasteiger partial charge on any atom is -0.491 e. The molecule has 13 nitrogen and oxygen atoms in total. The molecule has 0 aliphatic carbocycles. The Morgan fingerprint density at radius 2 is 1.84 bits per heavy atom. The Labute approximate surface area is 290 Å². The number of likely N-dealkylation sites (N-methyl/N-ethyl adjacent to an activating group) is 2. The Morgan fingerprint density at radius 3 is 2.60 bits per heavy atom. The van der Waals surface area contributed by atoms with E-state index >= 15 is 0 Å². The number of fused-ring (bicyclic) bond motifs is 3. The summed E-state index contributed by atoms with van der Waals surface area (Å²) in [6.45, 7) is 5.33. The van der Waals surface area contributed by atoms with Crippen molar-refractivity contribution >= 4 is 40.6 Å².